The number of benzene rings is 1. The van der Waals surface area contributed by atoms with E-state index in [-0.39, 0.29) is 17.7 Å². The standard InChI is InChI=1S/C28H39N5O4/c34-24(35)11-13-28(22-9-5-2-6-10-22)14-17-33(18-15-28)26(36)25(21-7-3-1-4-8-21)32-27(37)30-16-12-23-19-29-20-31-23/h1,3-4,7-8,19-20,22,25H,2,5-6,9-18H2,(H,29,31)(H,34,35)(H2,30,32,37). The van der Waals surface area contributed by atoms with Gasteiger partial charge in [-0.2, -0.15) is 0 Å². The summed E-state index contributed by atoms with van der Waals surface area (Å²) in [6.45, 7) is 1.57. The van der Waals surface area contributed by atoms with E-state index in [0.29, 0.717) is 38.4 Å². The minimum Gasteiger partial charge on any atom is -0.481 e. The van der Waals surface area contributed by atoms with E-state index >= 15 is 0 Å². The highest BCUT2D eigenvalue weighted by atomic mass is 16.4. The summed E-state index contributed by atoms with van der Waals surface area (Å²) >= 11 is 0. The van der Waals surface area contributed by atoms with Crippen LogP contribution in [0.15, 0.2) is 42.9 Å². The molecule has 2 fully saturated rings. The van der Waals surface area contributed by atoms with Crippen molar-refractivity contribution >= 4 is 17.9 Å². The Bertz CT molecular complexity index is 1010. The van der Waals surface area contributed by atoms with Crippen LogP contribution in [0, 0.1) is 11.3 Å². The van der Waals surface area contributed by atoms with Gasteiger partial charge in [0.25, 0.3) is 0 Å². The second-order valence-electron chi connectivity index (χ2n) is 10.5. The van der Waals surface area contributed by atoms with Crippen molar-refractivity contribution in [3.8, 4) is 0 Å². The van der Waals surface area contributed by atoms with Gasteiger partial charge in [-0.1, -0.05) is 49.6 Å². The quantitative estimate of drug-likeness (QED) is 0.384. The molecule has 1 aliphatic carbocycles. The number of carbonyl (C=O) groups excluding carboxylic acids is 2. The van der Waals surface area contributed by atoms with Crippen LogP contribution in [0.25, 0.3) is 0 Å². The van der Waals surface area contributed by atoms with Crippen molar-refractivity contribution in [3.63, 3.8) is 0 Å². The van der Waals surface area contributed by atoms with Crippen molar-refractivity contribution in [2.75, 3.05) is 19.6 Å². The third-order valence-corrected chi connectivity index (χ3v) is 8.26. The largest absolute Gasteiger partial charge is 0.481 e. The van der Waals surface area contributed by atoms with E-state index < -0.39 is 18.0 Å². The SMILES string of the molecule is O=C(O)CCC1(C2CCCCC2)CCN(C(=O)C(NC(=O)NCCc2c[nH]cn2)c2ccccc2)CC1. The Morgan fingerprint density at radius 2 is 1.84 bits per heavy atom. The Labute approximate surface area is 218 Å². The van der Waals surface area contributed by atoms with Gasteiger partial charge in [-0.25, -0.2) is 9.78 Å². The number of hydrogen-bond acceptors (Lipinski definition) is 4. The van der Waals surface area contributed by atoms with E-state index in [4.69, 9.17) is 0 Å². The first-order chi connectivity index (χ1) is 18.0. The number of piperidine rings is 1. The van der Waals surface area contributed by atoms with Crippen LogP contribution in [0.3, 0.4) is 0 Å². The smallest absolute Gasteiger partial charge is 0.315 e. The Kier molecular flexibility index (Phi) is 9.19. The number of nitrogens with one attached hydrogen (secondary N) is 3. The maximum absolute atomic E-state index is 13.7. The van der Waals surface area contributed by atoms with Gasteiger partial charge in [0.1, 0.15) is 6.04 Å². The lowest BCUT2D eigenvalue weighted by Gasteiger charge is -2.48. The Hall–Kier alpha value is -3.36. The van der Waals surface area contributed by atoms with Gasteiger partial charge in [0.15, 0.2) is 0 Å². The number of carboxylic acids is 1. The fourth-order valence-corrected chi connectivity index (χ4v) is 6.14. The molecule has 1 unspecified atom stereocenters. The lowest BCUT2D eigenvalue weighted by atomic mass is 9.61. The van der Waals surface area contributed by atoms with E-state index in [1.807, 2.05) is 35.2 Å². The number of hydrogen-bond donors (Lipinski definition) is 4. The molecule has 2 heterocycles. The predicted octanol–water partition coefficient (Wildman–Crippen LogP) is 4.05. The van der Waals surface area contributed by atoms with Crippen molar-refractivity contribution in [2.45, 2.75) is 70.3 Å². The molecule has 0 radical (unpaired) electrons. The third kappa shape index (κ3) is 7.11. The molecule has 37 heavy (non-hydrogen) atoms. The molecule has 1 atom stereocenters. The van der Waals surface area contributed by atoms with Crippen LogP contribution in [0.2, 0.25) is 0 Å². The number of imidazole rings is 1. The summed E-state index contributed by atoms with van der Waals surface area (Å²) in [5.41, 5.74) is 1.58. The highest BCUT2D eigenvalue weighted by Gasteiger charge is 2.43. The van der Waals surface area contributed by atoms with Crippen molar-refractivity contribution < 1.29 is 19.5 Å². The summed E-state index contributed by atoms with van der Waals surface area (Å²) in [7, 11) is 0. The fraction of sp³-hybridized carbons (Fsp3) is 0.571. The van der Waals surface area contributed by atoms with Crippen LogP contribution in [0.4, 0.5) is 4.79 Å². The topological polar surface area (TPSA) is 127 Å². The lowest BCUT2D eigenvalue weighted by Crippen LogP contribution is -2.51. The molecule has 0 spiro atoms. The average Bonchev–Trinajstić information content (AvgIpc) is 3.45. The van der Waals surface area contributed by atoms with E-state index in [2.05, 4.69) is 20.6 Å². The van der Waals surface area contributed by atoms with Crippen molar-refractivity contribution in [1.82, 2.24) is 25.5 Å². The van der Waals surface area contributed by atoms with Gasteiger partial charge in [-0.3, -0.25) is 9.59 Å². The number of aromatic nitrogens is 2. The monoisotopic (exact) mass is 509 g/mol. The van der Waals surface area contributed by atoms with Crippen molar-refractivity contribution in [2.24, 2.45) is 11.3 Å². The molecular formula is C28H39N5O4. The number of aliphatic carboxylic acids is 1. The number of H-pyrrole nitrogens is 1. The minimum absolute atomic E-state index is 0.0189. The molecule has 200 valence electrons. The van der Waals surface area contributed by atoms with Crippen LogP contribution in [0.5, 0.6) is 0 Å². The fourth-order valence-electron chi connectivity index (χ4n) is 6.14. The molecule has 1 aromatic heterocycles. The zero-order valence-electron chi connectivity index (χ0n) is 21.5. The lowest BCUT2D eigenvalue weighted by molar-refractivity contribution is -0.141. The Morgan fingerprint density at radius 1 is 1.11 bits per heavy atom. The van der Waals surface area contributed by atoms with Gasteiger partial charge >= 0.3 is 12.0 Å². The van der Waals surface area contributed by atoms with Gasteiger partial charge < -0.3 is 25.6 Å². The van der Waals surface area contributed by atoms with E-state index in [0.717, 1.165) is 36.9 Å². The molecule has 1 aromatic carbocycles. The summed E-state index contributed by atoms with van der Waals surface area (Å²) < 4.78 is 0. The number of carbonyl (C=O) groups is 3. The number of likely N-dealkylation sites (tertiary alicyclic amines) is 1. The summed E-state index contributed by atoms with van der Waals surface area (Å²) in [5.74, 6) is -0.342. The Balaban J connectivity index is 1.40. The number of urea groups is 1. The van der Waals surface area contributed by atoms with Crippen molar-refractivity contribution in [3.05, 3.63) is 54.1 Å². The molecule has 0 bridgehead atoms. The summed E-state index contributed by atoms with van der Waals surface area (Å²) in [6.07, 6.45) is 12.4. The second kappa shape index (κ2) is 12.7. The second-order valence-corrected chi connectivity index (χ2v) is 10.5. The molecule has 1 saturated carbocycles. The first kappa shape index (κ1) is 26.7. The summed E-state index contributed by atoms with van der Waals surface area (Å²) in [4.78, 5) is 46.8. The molecule has 4 N–H and O–H groups in total. The number of amides is 3. The molecular weight excluding hydrogens is 470 g/mol. The molecule has 2 aliphatic rings. The first-order valence-electron chi connectivity index (χ1n) is 13.5. The van der Waals surface area contributed by atoms with E-state index in [1.165, 1.54) is 19.3 Å². The molecule has 9 heteroatoms. The van der Waals surface area contributed by atoms with Gasteiger partial charge in [0.05, 0.1) is 12.0 Å². The molecule has 9 nitrogen and oxygen atoms in total. The zero-order valence-corrected chi connectivity index (χ0v) is 21.5. The van der Waals surface area contributed by atoms with E-state index in [9.17, 15) is 19.5 Å². The number of aromatic amines is 1. The van der Waals surface area contributed by atoms with Gasteiger partial charge in [-0.05, 0) is 49.0 Å². The van der Waals surface area contributed by atoms with Crippen LogP contribution < -0.4 is 10.6 Å². The maximum atomic E-state index is 13.7. The van der Waals surface area contributed by atoms with Gasteiger partial charge in [0, 0.05) is 38.7 Å². The molecule has 1 saturated heterocycles. The third-order valence-electron chi connectivity index (χ3n) is 8.26. The van der Waals surface area contributed by atoms with Crippen LogP contribution >= 0.6 is 0 Å². The normalized spacial score (nSPS) is 18.6. The predicted molar refractivity (Wildman–Crippen MR) is 140 cm³/mol. The first-order valence-corrected chi connectivity index (χ1v) is 13.5. The maximum Gasteiger partial charge on any atom is 0.315 e. The van der Waals surface area contributed by atoms with Crippen molar-refractivity contribution in [1.29, 1.82) is 0 Å². The molecule has 1 aliphatic heterocycles. The summed E-state index contributed by atoms with van der Waals surface area (Å²) in [6, 6.07) is 8.15. The molecule has 3 amide bonds. The number of nitrogens with zero attached hydrogens (tertiary/aromatic N) is 2. The molecule has 2 aromatic rings. The van der Waals surface area contributed by atoms with Crippen LogP contribution in [-0.2, 0) is 16.0 Å². The number of rotatable bonds is 10. The minimum atomic E-state index is -0.784. The molecule has 4 rings (SSSR count). The van der Waals surface area contributed by atoms with Gasteiger partial charge in [-0.15, -0.1) is 0 Å². The zero-order chi connectivity index (χ0) is 26.1. The van der Waals surface area contributed by atoms with Gasteiger partial charge in [0.2, 0.25) is 5.91 Å². The number of carboxylic acid groups (broad SMARTS) is 1. The summed E-state index contributed by atoms with van der Waals surface area (Å²) in [5, 5.41) is 15.1. The Morgan fingerprint density at radius 3 is 2.49 bits per heavy atom. The average molecular weight is 510 g/mol. The van der Waals surface area contributed by atoms with E-state index in [1.54, 1.807) is 12.5 Å². The highest BCUT2D eigenvalue weighted by molar-refractivity contribution is 5.88. The van der Waals surface area contributed by atoms with Crippen LogP contribution in [0.1, 0.15) is 75.1 Å². The highest BCUT2D eigenvalue weighted by Crippen LogP contribution is 2.49. The van der Waals surface area contributed by atoms with Crippen LogP contribution in [-0.4, -0.2) is 57.5 Å².